The normalized spacial score (nSPS) is 12.0. The molecule has 0 heterocycles. The standard InChI is InChI=1S/C14H22Cl2N2O2S/c1-11(2)17-7-3-9-21(19,20)18-8-6-12-4-5-13(15)10-14(12)16/h4-5,10-11,17-18H,3,6-9H2,1-2H3. The minimum absolute atomic E-state index is 0.126. The molecule has 1 aromatic rings. The van der Waals surface area contributed by atoms with Crippen LogP contribution in [0.2, 0.25) is 10.0 Å². The Morgan fingerprint density at radius 1 is 1.19 bits per heavy atom. The Hall–Kier alpha value is -0.330. The summed E-state index contributed by atoms with van der Waals surface area (Å²) < 4.78 is 26.2. The molecule has 0 spiro atoms. The summed E-state index contributed by atoms with van der Waals surface area (Å²) in [7, 11) is -3.23. The van der Waals surface area contributed by atoms with Gasteiger partial charge in [0.1, 0.15) is 0 Å². The van der Waals surface area contributed by atoms with E-state index in [0.29, 0.717) is 42.0 Å². The summed E-state index contributed by atoms with van der Waals surface area (Å²) in [6.45, 7) is 5.09. The van der Waals surface area contributed by atoms with E-state index in [1.165, 1.54) is 0 Å². The van der Waals surface area contributed by atoms with Gasteiger partial charge in [0, 0.05) is 22.6 Å². The number of nitrogens with one attached hydrogen (secondary N) is 2. The molecule has 0 aromatic heterocycles. The van der Waals surface area contributed by atoms with Gasteiger partial charge in [-0.3, -0.25) is 0 Å². The highest BCUT2D eigenvalue weighted by Crippen LogP contribution is 2.21. The van der Waals surface area contributed by atoms with E-state index in [0.717, 1.165) is 5.56 Å². The fourth-order valence-electron chi connectivity index (χ4n) is 1.79. The van der Waals surface area contributed by atoms with Crippen LogP contribution in [0.5, 0.6) is 0 Å². The third-order valence-electron chi connectivity index (χ3n) is 2.87. The zero-order valence-corrected chi connectivity index (χ0v) is 14.7. The molecule has 4 nitrogen and oxygen atoms in total. The van der Waals surface area contributed by atoms with Gasteiger partial charge < -0.3 is 5.32 Å². The Morgan fingerprint density at radius 2 is 1.90 bits per heavy atom. The van der Waals surface area contributed by atoms with Gasteiger partial charge in [0.15, 0.2) is 0 Å². The highest BCUT2D eigenvalue weighted by atomic mass is 35.5. The van der Waals surface area contributed by atoms with E-state index in [-0.39, 0.29) is 5.75 Å². The smallest absolute Gasteiger partial charge is 0.211 e. The van der Waals surface area contributed by atoms with Crippen molar-refractivity contribution in [2.45, 2.75) is 32.7 Å². The van der Waals surface area contributed by atoms with E-state index in [1.807, 2.05) is 19.9 Å². The maximum absolute atomic E-state index is 11.8. The molecule has 120 valence electrons. The lowest BCUT2D eigenvalue weighted by Gasteiger charge is -2.10. The van der Waals surface area contributed by atoms with Gasteiger partial charge in [-0.25, -0.2) is 13.1 Å². The Morgan fingerprint density at radius 3 is 2.52 bits per heavy atom. The second kappa shape index (κ2) is 8.96. The molecule has 0 aliphatic heterocycles. The van der Waals surface area contributed by atoms with Crippen molar-refractivity contribution in [3.63, 3.8) is 0 Å². The summed E-state index contributed by atoms with van der Waals surface area (Å²) in [5, 5.41) is 4.32. The number of sulfonamides is 1. The molecule has 0 aliphatic carbocycles. The van der Waals surface area contributed by atoms with Crippen molar-refractivity contribution in [1.82, 2.24) is 10.0 Å². The maximum Gasteiger partial charge on any atom is 0.211 e. The third-order valence-corrected chi connectivity index (χ3v) is 4.93. The molecule has 0 aliphatic rings. The van der Waals surface area contributed by atoms with Crippen LogP contribution in [0, 0.1) is 0 Å². The zero-order valence-electron chi connectivity index (χ0n) is 12.3. The van der Waals surface area contributed by atoms with Crippen LogP contribution in [0.15, 0.2) is 18.2 Å². The van der Waals surface area contributed by atoms with Crippen LogP contribution in [0.3, 0.4) is 0 Å². The second-order valence-corrected chi connectivity index (χ2v) is 7.93. The third kappa shape index (κ3) is 8.02. The Labute approximate surface area is 137 Å². The highest BCUT2D eigenvalue weighted by molar-refractivity contribution is 7.89. The molecule has 0 saturated heterocycles. The summed E-state index contributed by atoms with van der Waals surface area (Å²) in [6.07, 6.45) is 1.13. The minimum Gasteiger partial charge on any atom is -0.314 e. The molecule has 2 N–H and O–H groups in total. The van der Waals surface area contributed by atoms with Gasteiger partial charge in [-0.05, 0) is 37.1 Å². The highest BCUT2D eigenvalue weighted by Gasteiger charge is 2.10. The summed E-state index contributed by atoms with van der Waals surface area (Å²) in [5.74, 6) is 0.126. The van der Waals surface area contributed by atoms with Gasteiger partial charge in [-0.2, -0.15) is 0 Å². The zero-order chi connectivity index (χ0) is 15.9. The van der Waals surface area contributed by atoms with Crippen molar-refractivity contribution in [2.24, 2.45) is 0 Å². The van der Waals surface area contributed by atoms with Gasteiger partial charge in [-0.1, -0.05) is 43.1 Å². The van der Waals surface area contributed by atoms with E-state index in [4.69, 9.17) is 23.2 Å². The Bertz CT molecular complexity index is 548. The largest absolute Gasteiger partial charge is 0.314 e. The molecule has 0 saturated carbocycles. The second-order valence-electron chi connectivity index (χ2n) is 5.16. The predicted molar refractivity (Wildman–Crippen MR) is 89.7 cm³/mol. The van der Waals surface area contributed by atoms with E-state index >= 15 is 0 Å². The van der Waals surface area contributed by atoms with Gasteiger partial charge >= 0.3 is 0 Å². The first kappa shape index (κ1) is 18.7. The number of hydrogen-bond acceptors (Lipinski definition) is 3. The summed E-state index contributed by atoms with van der Waals surface area (Å²) in [5.41, 5.74) is 0.880. The van der Waals surface area contributed by atoms with Crippen molar-refractivity contribution >= 4 is 33.2 Å². The fourth-order valence-corrected chi connectivity index (χ4v) is 3.38. The first-order chi connectivity index (χ1) is 9.80. The van der Waals surface area contributed by atoms with Crippen LogP contribution in [0.4, 0.5) is 0 Å². The van der Waals surface area contributed by atoms with Crippen LogP contribution in [0.1, 0.15) is 25.8 Å². The average molecular weight is 353 g/mol. The van der Waals surface area contributed by atoms with Gasteiger partial charge in [-0.15, -0.1) is 0 Å². The first-order valence-electron chi connectivity index (χ1n) is 6.95. The van der Waals surface area contributed by atoms with Crippen molar-refractivity contribution in [1.29, 1.82) is 0 Å². The molecule has 0 bridgehead atoms. The number of benzene rings is 1. The molecule has 0 amide bonds. The van der Waals surface area contributed by atoms with E-state index in [1.54, 1.807) is 12.1 Å². The number of halogens is 2. The quantitative estimate of drug-likeness (QED) is 0.671. The van der Waals surface area contributed by atoms with Crippen LogP contribution in [-0.4, -0.2) is 33.3 Å². The fraction of sp³-hybridized carbons (Fsp3) is 0.571. The first-order valence-corrected chi connectivity index (χ1v) is 9.35. The number of hydrogen-bond donors (Lipinski definition) is 2. The van der Waals surface area contributed by atoms with E-state index in [9.17, 15) is 8.42 Å². The topological polar surface area (TPSA) is 58.2 Å². The lowest BCUT2D eigenvalue weighted by molar-refractivity contribution is 0.561. The lowest BCUT2D eigenvalue weighted by Crippen LogP contribution is -2.31. The van der Waals surface area contributed by atoms with Gasteiger partial charge in [0.2, 0.25) is 10.0 Å². The molecule has 1 aromatic carbocycles. The molecule has 21 heavy (non-hydrogen) atoms. The molecule has 0 fully saturated rings. The van der Waals surface area contributed by atoms with Crippen molar-refractivity contribution in [3.05, 3.63) is 33.8 Å². The molecule has 0 radical (unpaired) electrons. The Kier molecular flexibility index (Phi) is 7.98. The SMILES string of the molecule is CC(C)NCCCS(=O)(=O)NCCc1ccc(Cl)cc1Cl. The van der Waals surface area contributed by atoms with Crippen LogP contribution in [-0.2, 0) is 16.4 Å². The van der Waals surface area contributed by atoms with Crippen molar-refractivity contribution in [2.75, 3.05) is 18.8 Å². The monoisotopic (exact) mass is 352 g/mol. The maximum atomic E-state index is 11.8. The minimum atomic E-state index is -3.23. The molecule has 1 rings (SSSR count). The summed E-state index contributed by atoms with van der Waals surface area (Å²) in [6, 6.07) is 5.58. The Balaban J connectivity index is 2.33. The lowest BCUT2D eigenvalue weighted by atomic mass is 10.1. The molecular weight excluding hydrogens is 331 g/mol. The van der Waals surface area contributed by atoms with Crippen LogP contribution in [0.25, 0.3) is 0 Å². The average Bonchev–Trinajstić information content (AvgIpc) is 2.37. The van der Waals surface area contributed by atoms with Gasteiger partial charge in [0.05, 0.1) is 5.75 Å². The van der Waals surface area contributed by atoms with Gasteiger partial charge in [0.25, 0.3) is 0 Å². The van der Waals surface area contributed by atoms with Crippen molar-refractivity contribution in [3.8, 4) is 0 Å². The summed E-state index contributed by atoms with van der Waals surface area (Å²) in [4.78, 5) is 0. The molecule has 0 unspecified atom stereocenters. The van der Waals surface area contributed by atoms with Crippen molar-refractivity contribution < 1.29 is 8.42 Å². The van der Waals surface area contributed by atoms with E-state index in [2.05, 4.69) is 10.0 Å². The summed E-state index contributed by atoms with van der Waals surface area (Å²) >= 11 is 11.9. The molecular formula is C14H22Cl2N2O2S. The number of rotatable bonds is 9. The predicted octanol–water partition coefficient (Wildman–Crippen LogP) is 2.84. The van der Waals surface area contributed by atoms with Crippen LogP contribution < -0.4 is 10.0 Å². The van der Waals surface area contributed by atoms with Crippen LogP contribution >= 0.6 is 23.2 Å². The van der Waals surface area contributed by atoms with E-state index < -0.39 is 10.0 Å². The molecule has 7 heteroatoms. The molecule has 0 atom stereocenters.